The van der Waals surface area contributed by atoms with E-state index in [-0.39, 0.29) is 18.1 Å². The maximum Gasteiger partial charge on any atom is 0.308 e. The molecular weight excluding hydrogens is 310 g/mol. The fourth-order valence-corrected chi connectivity index (χ4v) is 2.95. The van der Waals surface area contributed by atoms with E-state index in [1.54, 1.807) is 0 Å². The lowest BCUT2D eigenvalue weighted by atomic mass is 9.98. The van der Waals surface area contributed by atoms with Gasteiger partial charge in [0.2, 0.25) is 0 Å². The van der Waals surface area contributed by atoms with Gasteiger partial charge >= 0.3 is 5.97 Å². The van der Waals surface area contributed by atoms with Crippen LogP contribution in [-0.4, -0.2) is 23.5 Å². The maximum absolute atomic E-state index is 12.5. The third-order valence-electron chi connectivity index (χ3n) is 4.35. The first-order valence-corrected chi connectivity index (χ1v) is 8.81. The largest absolute Gasteiger partial charge is 0.460 e. The molecule has 0 aliphatic heterocycles. The molecule has 0 aliphatic rings. The molecule has 2 aromatic carbocycles. The second kappa shape index (κ2) is 8.30. The molecule has 0 N–H and O–H groups in total. The molecule has 2 atom stereocenters. The Balaban J connectivity index is 2.24. The molecule has 25 heavy (non-hydrogen) atoms. The molecule has 0 amide bonds. The molecule has 0 aliphatic carbocycles. The molecular formula is C22H29NO2. The zero-order chi connectivity index (χ0) is 18.4. The smallest absolute Gasteiger partial charge is 0.308 e. The zero-order valence-corrected chi connectivity index (χ0v) is 15.9. The van der Waals surface area contributed by atoms with E-state index in [2.05, 4.69) is 43.1 Å². The van der Waals surface area contributed by atoms with E-state index in [1.165, 1.54) is 5.56 Å². The summed E-state index contributed by atoms with van der Waals surface area (Å²) in [5, 5.41) is 0. The Bertz CT molecular complexity index is 661. The van der Waals surface area contributed by atoms with Crippen LogP contribution in [0, 0.1) is 0 Å². The second-order valence-corrected chi connectivity index (χ2v) is 7.47. The maximum atomic E-state index is 12.5. The summed E-state index contributed by atoms with van der Waals surface area (Å²) in [6.45, 7) is 7.87. The number of carbonyl (C=O) groups is 1. The fourth-order valence-electron chi connectivity index (χ4n) is 2.95. The summed E-state index contributed by atoms with van der Waals surface area (Å²) in [4.78, 5) is 14.7. The molecule has 0 fully saturated rings. The summed E-state index contributed by atoms with van der Waals surface area (Å²) in [5.41, 5.74) is 1.89. The zero-order valence-electron chi connectivity index (χ0n) is 15.9. The molecule has 3 nitrogen and oxygen atoms in total. The van der Waals surface area contributed by atoms with Crippen molar-refractivity contribution in [2.75, 3.05) is 7.05 Å². The first kappa shape index (κ1) is 19.2. The molecule has 0 unspecified atom stereocenters. The van der Waals surface area contributed by atoms with Gasteiger partial charge in [0, 0.05) is 12.1 Å². The van der Waals surface area contributed by atoms with E-state index in [1.807, 2.05) is 57.2 Å². The van der Waals surface area contributed by atoms with Crippen molar-refractivity contribution < 1.29 is 9.53 Å². The number of esters is 1. The molecule has 2 aromatic rings. The van der Waals surface area contributed by atoms with Gasteiger partial charge in [-0.05, 0) is 45.9 Å². The Morgan fingerprint density at radius 2 is 1.44 bits per heavy atom. The normalized spacial score (nSPS) is 14.2. The van der Waals surface area contributed by atoms with E-state index in [9.17, 15) is 4.79 Å². The summed E-state index contributed by atoms with van der Waals surface area (Å²) in [7, 11) is 2.07. The van der Waals surface area contributed by atoms with Crippen molar-refractivity contribution in [3.05, 3.63) is 71.8 Å². The molecule has 0 aromatic heterocycles. The van der Waals surface area contributed by atoms with Gasteiger partial charge in [0.1, 0.15) is 5.60 Å². The van der Waals surface area contributed by atoms with Crippen LogP contribution in [0.25, 0.3) is 0 Å². The lowest BCUT2D eigenvalue weighted by molar-refractivity contribution is -0.156. The van der Waals surface area contributed by atoms with E-state index in [4.69, 9.17) is 4.74 Å². The van der Waals surface area contributed by atoms with Crippen molar-refractivity contribution in [3.8, 4) is 0 Å². The highest BCUT2D eigenvalue weighted by atomic mass is 16.6. The van der Waals surface area contributed by atoms with Crippen molar-refractivity contribution in [1.29, 1.82) is 0 Å². The Hall–Kier alpha value is -2.13. The van der Waals surface area contributed by atoms with Crippen LogP contribution in [0.5, 0.6) is 0 Å². The van der Waals surface area contributed by atoms with Gasteiger partial charge < -0.3 is 4.74 Å². The summed E-state index contributed by atoms with van der Waals surface area (Å²) in [5.74, 6) is -0.173. The van der Waals surface area contributed by atoms with Crippen molar-refractivity contribution in [2.45, 2.75) is 51.8 Å². The second-order valence-electron chi connectivity index (χ2n) is 7.47. The molecule has 0 radical (unpaired) electrons. The van der Waals surface area contributed by atoms with Crippen LogP contribution in [0.15, 0.2) is 60.7 Å². The molecule has 134 valence electrons. The summed E-state index contributed by atoms with van der Waals surface area (Å²) in [6.07, 6.45) is 0.328. The van der Waals surface area contributed by atoms with Crippen molar-refractivity contribution in [3.63, 3.8) is 0 Å². The minimum absolute atomic E-state index is 0.0359. The van der Waals surface area contributed by atoms with Crippen molar-refractivity contribution in [1.82, 2.24) is 4.90 Å². The first-order chi connectivity index (χ1) is 11.8. The summed E-state index contributed by atoms with van der Waals surface area (Å²) in [6, 6.07) is 20.7. The van der Waals surface area contributed by atoms with Crippen molar-refractivity contribution in [2.24, 2.45) is 0 Å². The van der Waals surface area contributed by atoms with E-state index in [0.717, 1.165) is 5.56 Å². The minimum Gasteiger partial charge on any atom is -0.460 e. The standard InChI is InChI=1S/C22H29NO2/c1-17(18-12-8-6-9-13-18)23(5)20(19-14-10-7-11-15-19)16-21(24)25-22(2,3)4/h6-15,17,20H,16H2,1-5H3/t17-,20+/m1/s1. The Labute approximate surface area is 151 Å². The van der Waals surface area contributed by atoms with Gasteiger partial charge in [-0.1, -0.05) is 60.7 Å². The quantitative estimate of drug-likeness (QED) is 0.681. The number of rotatable bonds is 6. The first-order valence-electron chi connectivity index (χ1n) is 8.81. The van der Waals surface area contributed by atoms with Crippen LogP contribution in [0.2, 0.25) is 0 Å². The van der Waals surface area contributed by atoms with Crippen LogP contribution in [0.3, 0.4) is 0 Å². The Morgan fingerprint density at radius 1 is 0.960 bits per heavy atom. The van der Waals surface area contributed by atoms with E-state index >= 15 is 0 Å². The molecule has 2 rings (SSSR count). The van der Waals surface area contributed by atoms with E-state index in [0.29, 0.717) is 6.42 Å². The van der Waals surface area contributed by atoms with E-state index < -0.39 is 5.60 Å². The van der Waals surface area contributed by atoms with Gasteiger partial charge in [-0.15, -0.1) is 0 Å². The highest BCUT2D eigenvalue weighted by Crippen LogP contribution is 2.31. The van der Waals surface area contributed by atoms with Gasteiger partial charge in [-0.25, -0.2) is 0 Å². The molecule has 0 spiro atoms. The van der Waals surface area contributed by atoms with Crippen LogP contribution < -0.4 is 0 Å². The lowest BCUT2D eigenvalue weighted by Gasteiger charge is -2.34. The van der Waals surface area contributed by atoms with Gasteiger partial charge in [0.15, 0.2) is 0 Å². The number of hydrogen-bond acceptors (Lipinski definition) is 3. The van der Waals surface area contributed by atoms with Crippen LogP contribution in [-0.2, 0) is 9.53 Å². The predicted octanol–water partition coefficient (Wildman–Crippen LogP) is 5.15. The van der Waals surface area contributed by atoms with Gasteiger partial charge in [-0.3, -0.25) is 9.69 Å². The van der Waals surface area contributed by atoms with Crippen LogP contribution in [0.1, 0.15) is 57.3 Å². The molecule has 0 bridgehead atoms. The highest BCUT2D eigenvalue weighted by molar-refractivity contribution is 5.71. The molecule has 0 saturated heterocycles. The highest BCUT2D eigenvalue weighted by Gasteiger charge is 2.27. The Morgan fingerprint density at radius 3 is 1.92 bits per heavy atom. The number of ether oxygens (including phenoxy) is 1. The Kier molecular flexibility index (Phi) is 6.38. The number of hydrogen-bond donors (Lipinski definition) is 0. The third kappa shape index (κ3) is 5.71. The summed E-state index contributed by atoms with van der Waals surface area (Å²) < 4.78 is 5.56. The molecule has 0 heterocycles. The minimum atomic E-state index is -0.470. The van der Waals surface area contributed by atoms with Gasteiger partial charge in [0.25, 0.3) is 0 Å². The van der Waals surface area contributed by atoms with Crippen LogP contribution in [0.4, 0.5) is 0 Å². The summed E-state index contributed by atoms with van der Waals surface area (Å²) >= 11 is 0. The van der Waals surface area contributed by atoms with Gasteiger partial charge in [-0.2, -0.15) is 0 Å². The monoisotopic (exact) mass is 339 g/mol. The molecule has 3 heteroatoms. The van der Waals surface area contributed by atoms with Crippen LogP contribution >= 0.6 is 0 Å². The van der Waals surface area contributed by atoms with Gasteiger partial charge in [0.05, 0.1) is 6.42 Å². The average Bonchev–Trinajstić information content (AvgIpc) is 2.58. The number of benzene rings is 2. The third-order valence-corrected chi connectivity index (χ3v) is 4.35. The predicted molar refractivity (Wildman–Crippen MR) is 102 cm³/mol. The lowest BCUT2D eigenvalue weighted by Crippen LogP contribution is -2.32. The average molecular weight is 339 g/mol. The fraction of sp³-hybridized carbons (Fsp3) is 0.409. The SMILES string of the molecule is C[C@H](c1ccccc1)N(C)[C@@H](CC(=O)OC(C)(C)C)c1ccccc1. The number of carbonyl (C=O) groups excluding carboxylic acids is 1. The number of nitrogens with zero attached hydrogens (tertiary/aromatic N) is 1. The van der Waals surface area contributed by atoms with Crippen molar-refractivity contribution >= 4 is 5.97 Å². The topological polar surface area (TPSA) is 29.5 Å². The molecule has 0 saturated carbocycles.